The minimum Gasteiger partial charge on any atom is -0.297 e. The number of nitrogens with one attached hydrogen (secondary N) is 2. The van der Waals surface area contributed by atoms with E-state index in [0.717, 1.165) is 40.6 Å². The fourth-order valence-corrected chi connectivity index (χ4v) is 2.80. The molecule has 2 N–H and O–H groups in total. The van der Waals surface area contributed by atoms with Gasteiger partial charge in [0.2, 0.25) is 0 Å². The molecule has 0 aliphatic heterocycles. The minimum absolute atomic E-state index is 0.0522. The number of likely N-dealkylation sites (N-methyl/N-ethyl adjacent to an activating group) is 1. The number of hydrazine groups is 1. The number of nitrogens with zero attached hydrogens (tertiary/aromatic N) is 2. The monoisotopic (exact) mass is 322 g/mol. The first-order valence-electron chi connectivity index (χ1n) is 8.27. The molecule has 0 radical (unpaired) electrons. The molecule has 0 aliphatic carbocycles. The van der Waals surface area contributed by atoms with Crippen molar-refractivity contribution in [2.24, 2.45) is 0 Å². The van der Waals surface area contributed by atoms with Crippen LogP contribution in [0.25, 0.3) is 21.8 Å². The van der Waals surface area contributed by atoms with E-state index in [1.54, 1.807) is 0 Å². The molecule has 0 unspecified atom stereocenters. The molecule has 3 rings (SSSR count). The Labute approximate surface area is 141 Å². The summed E-state index contributed by atoms with van der Waals surface area (Å²) in [6.07, 6.45) is 0. The number of rotatable bonds is 6. The van der Waals surface area contributed by atoms with Crippen LogP contribution >= 0.6 is 0 Å². The van der Waals surface area contributed by atoms with E-state index in [4.69, 9.17) is 0 Å². The average molecular weight is 322 g/mol. The van der Waals surface area contributed by atoms with Crippen LogP contribution in [0.2, 0.25) is 0 Å². The summed E-state index contributed by atoms with van der Waals surface area (Å²) in [6, 6.07) is 15.8. The summed E-state index contributed by atoms with van der Waals surface area (Å²) >= 11 is 0. The molecule has 2 aromatic carbocycles. The predicted molar refractivity (Wildman–Crippen MR) is 98.8 cm³/mol. The number of aromatic nitrogens is 1. The van der Waals surface area contributed by atoms with Crippen LogP contribution < -0.4 is 10.9 Å². The topological polar surface area (TPSA) is 57.3 Å². The number of hydrogen-bond donors (Lipinski definition) is 2. The van der Waals surface area contributed by atoms with E-state index in [-0.39, 0.29) is 5.91 Å². The van der Waals surface area contributed by atoms with Gasteiger partial charge < -0.3 is 0 Å². The Hall–Kier alpha value is -2.66. The van der Waals surface area contributed by atoms with Crippen molar-refractivity contribution >= 4 is 33.4 Å². The van der Waals surface area contributed by atoms with E-state index in [0.29, 0.717) is 6.54 Å². The van der Waals surface area contributed by atoms with Crippen molar-refractivity contribution < 1.29 is 4.79 Å². The zero-order chi connectivity index (χ0) is 16.9. The van der Waals surface area contributed by atoms with Crippen molar-refractivity contribution in [3.05, 3.63) is 48.5 Å². The Kier molecular flexibility index (Phi) is 4.91. The molecule has 24 heavy (non-hydrogen) atoms. The van der Waals surface area contributed by atoms with E-state index < -0.39 is 0 Å². The smallest absolute Gasteiger partial charge is 0.252 e. The minimum atomic E-state index is -0.0522. The van der Waals surface area contributed by atoms with Crippen LogP contribution in [0.5, 0.6) is 0 Å². The summed E-state index contributed by atoms with van der Waals surface area (Å²) in [5.74, 6) is -0.0522. The third-order valence-electron chi connectivity index (χ3n) is 4.18. The second kappa shape index (κ2) is 7.27. The van der Waals surface area contributed by atoms with Crippen LogP contribution in [-0.4, -0.2) is 35.4 Å². The zero-order valence-electron chi connectivity index (χ0n) is 14.0. The lowest BCUT2D eigenvalue weighted by atomic mass is 10.1. The molecular formula is C19H22N4O. The van der Waals surface area contributed by atoms with Gasteiger partial charge in [-0.1, -0.05) is 50.2 Å². The zero-order valence-corrected chi connectivity index (χ0v) is 14.0. The van der Waals surface area contributed by atoms with Crippen LogP contribution in [-0.2, 0) is 4.79 Å². The highest BCUT2D eigenvalue weighted by atomic mass is 16.2. The van der Waals surface area contributed by atoms with E-state index in [1.807, 2.05) is 62.4 Å². The molecule has 0 bridgehead atoms. The molecule has 1 heterocycles. The molecule has 0 saturated carbocycles. The van der Waals surface area contributed by atoms with E-state index in [9.17, 15) is 4.79 Å². The molecule has 0 fully saturated rings. The lowest BCUT2D eigenvalue weighted by Crippen LogP contribution is -2.39. The van der Waals surface area contributed by atoms with Gasteiger partial charge in [-0.15, -0.1) is 0 Å². The molecule has 124 valence electrons. The summed E-state index contributed by atoms with van der Waals surface area (Å²) in [7, 11) is 0. The van der Waals surface area contributed by atoms with Gasteiger partial charge >= 0.3 is 0 Å². The third kappa shape index (κ3) is 3.31. The number of para-hydroxylation sites is 2. The highest BCUT2D eigenvalue weighted by Gasteiger charge is 2.11. The van der Waals surface area contributed by atoms with Crippen LogP contribution in [0.1, 0.15) is 13.8 Å². The Morgan fingerprint density at radius 3 is 2.04 bits per heavy atom. The van der Waals surface area contributed by atoms with Crippen LogP contribution in [0.3, 0.4) is 0 Å². The van der Waals surface area contributed by atoms with Gasteiger partial charge in [0.1, 0.15) is 0 Å². The number of pyridine rings is 1. The quantitative estimate of drug-likeness (QED) is 0.540. The molecule has 0 aliphatic rings. The molecule has 1 aromatic heterocycles. The first kappa shape index (κ1) is 16.2. The molecule has 5 heteroatoms. The maximum atomic E-state index is 12.2. The van der Waals surface area contributed by atoms with Gasteiger partial charge in [0.05, 0.1) is 23.3 Å². The fourth-order valence-electron chi connectivity index (χ4n) is 2.80. The summed E-state index contributed by atoms with van der Waals surface area (Å²) in [6.45, 7) is 6.18. The fraction of sp³-hybridized carbons (Fsp3) is 0.263. The summed E-state index contributed by atoms with van der Waals surface area (Å²) in [5.41, 5.74) is 8.62. The van der Waals surface area contributed by atoms with Gasteiger partial charge in [-0.3, -0.25) is 20.5 Å². The number of benzene rings is 2. The van der Waals surface area contributed by atoms with Crippen molar-refractivity contribution in [3.8, 4) is 0 Å². The lowest BCUT2D eigenvalue weighted by Gasteiger charge is -2.19. The number of anilines is 1. The van der Waals surface area contributed by atoms with Gasteiger partial charge in [-0.25, -0.2) is 4.98 Å². The molecule has 3 aromatic rings. The van der Waals surface area contributed by atoms with Gasteiger partial charge in [0, 0.05) is 10.8 Å². The van der Waals surface area contributed by atoms with Crippen molar-refractivity contribution in [1.82, 2.24) is 15.3 Å². The van der Waals surface area contributed by atoms with Crippen LogP contribution in [0, 0.1) is 0 Å². The Bertz CT molecular complexity index is 804. The van der Waals surface area contributed by atoms with Crippen LogP contribution in [0.4, 0.5) is 5.69 Å². The van der Waals surface area contributed by atoms with Crippen molar-refractivity contribution in [1.29, 1.82) is 0 Å². The van der Waals surface area contributed by atoms with Gasteiger partial charge in [-0.05, 0) is 25.2 Å². The maximum absolute atomic E-state index is 12.2. The molecule has 0 spiro atoms. The molecule has 5 nitrogen and oxygen atoms in total. The number of carbonyl (C=O) groups excluding carboxylic acids is 1. The van der Waals surface area contributed by atoms with Crippen molar-refractivity contribution in [2.75, 3.05) is 25.1 Å². The third-order valence-corrected chi connectivity index (χ3v) is 4.18. The van der Waals surface area contributed by atoms with E-state index in [2.05, 4.69) is 20.7 Å². The number of hydrogen-bond acceptors (Lipinski definition) is 4. The van der Waals surface area contributed by atoms with Crippen LogP contribution in [0.15, 0.2) is 48.5 Å². The Morgan fingerprint density at radius 1 is 0.958 bits per heavy atom. The van der Waals surface area contributed by atoms with Gasteiger partial charge in [0.25, 0.3) is 5.91 Å². The van der Waals surface area contributed by atoms with Gasteiger partial charge in [0.15, 0.2) is 0 Å². The molecule has 1 amide bonds. The Balaban J connectivity index is 1.91. The Morgan fingerprint density at radius 2 is 1.50 bits per heavy atom. The average Bonchev–Trinajstić information content (AvgIpc) is 2.63. The maximum Gasteiger partial charge on any atom is 0.252 e. The second-order valence-corrected chi connectivity index (χ2v) is 5.66. The lowest BCUT2D eigenvalue weighted by molar-refractivity contribution is -0.121. The first-order valence-corrected chi connectivity index (χ1v) is 8.27. The highest BCUT2D eigenvalue weighted by Crippen LogP contribution is 2.29. The molecule has 0 saturated heterocycles. The SMILES string of the molecule is CCN(CC)CC(=O)NNc1c2ccccc2nc2ccccc12. The molecular weight excluding hydrogens is 300 g/mol. The molecule has 0 atom stereocenters. The summed E-state index contributed by atoms with van der Waals surface area (Å²) in [4.78, 5) is 18.9. The van der Waals surface area contributed by atoms with Crippen molar-refractivity contribution in [2.45, 2.75) is 13.8 Å². The van der Waals surface area contributed by atoms with Crippen molar-refractivity contribution in [3.63, 3.8) is 0 Å². The first-order chi connectivity index (χ1) is 11.7. The summed E-state index contributed by atoms with van der Waals surface area (Å²) < 4.78 is 0. The number of amides is 1. The summed E-state index contributed by atoms with van der Waals surface area (Å²) in [5, 5.41) is 1.97. The van der Waals surface area contributed by atoms with E-state index in [1.165, 1.54) is 0 Å². The second-order valence-electron chi connectivity index (χ2n) is 5.66. The van der Waals surface area contributed by atoms with E-state index >= 15 is 0 Å². The largest absolute Gasteiger partial charge is 0.297 e. The standard InChI is InChI=1S/C19H22N4O/c1-3-23(4-2)13-18(24)21-22-19-14-9-5-7-11-16(14)20-17-12-8-6-10-15(17)19/h5-12H,3-4,13H2,1-2H3,(H,20,22)(H,21,24). The predicted octanol–water partition coefficient (Wildman–Crippen LogP) is 3.17. The normalized spacial score (nSPS) is 11.1. The number of fused-ring (bicyclic) bond motifs is 2. The van der Waals surface area contributed by atoms with Gasteiger partial charge in [-0.2, -0.15) is 0 Å². The highest BCUT2D eigenvalue weighted by molar-refractivity contribution is 6.07. The number of carbonyl (C=O) groups is 1.